The first kappa shape index (κ1) is 23.8. The molecule has 0 bridgehead atoms. The van der Waals surface area contributed by atoms with E-state index >= 15 is 0 Å². The number of nitrogens with zero attached hydrogens (tertiary/aromatic N) is 4. The number of nitrogens with one attached hydrogen (secondary N) is 1. The van der Waals surface area contributed by atoms with Crippen LogP contribution in [0.15, 0.2) is 22.5 Å². The predicted molar refractivity (Wildman–Crippen MR) is 113 cm³/mol. The van der Waals surface area contributed by atoms with E-state index < -0.39 is 18.6 Å². The van der Waals surface area contributed by atoms with Gasteiger partial charge in [0.25, 0.3) is 0 Å². The normalized spacial score (nSPS) is 15.4. The van der Waals surface area contributed by atoms with Crippen molar-refractivity contribution in [2.45, 2.75) is 13.1 Å². The van der Waals surface area contributed by atoms with Gasteiger partial charge in [-0.3, -0.25) is 4.79 Å². The van der Waals surface area contributed by atoms with Gasteiger partial charge in [0.2, 0.25) is 5.91 Å². The summed E-state index contributed by atoms with van der Waals surface area (Å²) in [5.74, 6) is -0.0953. The molecule has 1 fully saturated rings. The fraction of sp³-hybridized carbons (Fsp3) is 0.625. The molecule has 1 aliphatic rings. The van der Waals surface area contributed by atoms with Crippen LogP contribution in [-0.4, -0.2) is 80.7 Å². The van der Waals surface area contributed by atoms with Crippen LogP contribution in [0.25, 0.3) is 0 Å². The number of hydrogen-bond donors (Lipinski definition) is 1. The van der Waals surface area contributed by atoms with Crippen LogP contribution in [-0.2, 0) is 4.79 Å². The highest BCUT2D eigenvalue weighted by molar-refractivity contribution is 14.0. The van der Waals surface area contributed by atoms with E-state index in [1.807, 2.05) is 23.3 Å². The Morgan fingerprint density at radius 2 is 2.00 bits per heavy atom. The Labute approximate surface area is 178 Å². The number of halogens is 4. The van der Waals surface area contributed by atoms with Crippen molar-refractivity contribution >= 4 is 52.2 Å². The zero-order valence-electron chi connectivity index (χ0n) is 15.3. The molecule has 0 saturated carbocycles. The Balaban J connectivity index is 0.00000364. The lowest BCUT2D eigenvalue weighted by Gasteiger charge is -2.37. The van der Waals surface area contributed by atoms with Crippen LogP contribution in [0.5, 0.6) is 0 Å². The third kappa shape index (κ3) is 7.72. The molecule has 2 heterocycles. The maximum absolute atomic E-state index is 12.4. The molecule has 0 unspecified atom stereocenters. The Morgan fingerprint density at radius 3 is 2.52 bits per heavy atom. The molecule has 1 N–H and O–H groups in total. The molecule has 0 atom stereocenters. The first-order valence-electron chi connectivity index (χ1n) is 8.42. The van der Waals surface area contributed by atoms with E-state index in [0.29, 0.717) is 17.4 Å². The number of hydrogen-bond acceptors (Lipinski definition) is 4. The number of amides is 1. The first-order valence-corrected chi connectivity index (χ1v) is 9.30. The van der Waals surface area contributed by atoms with Crippen molar-refractivity contribution in [3.8, 4) is 0 Å². The van der Waals surface area contributed by atoms with Gasteiger partial charge >= 0.3 is 6.18 Å². The molecule has 11 heteroatoms. The van der Waals surface area contributed by atoms with Crippen molar-refractivity contribution in [3.63, 3.8) is 0 Å². The van der Waals surface area contributed by atoms with Gasteiger partial charge in [-0.05, 0) is 24.4 Å². The Hall–Kier alpha value is -1.24. The number of likely N-dealkylation sites (N-methyl/N-ethyl adjacent to an activating group) is 1. The number of guanidine groups is 1. The summed E-state index contributed by atoms with van der Waals surface area (Å²) in [5.41, 5.74) is 0. The molecule has 0 radical (unpaired) electrons. The number of alkyl halides is 3. The molecule has 1 amide bonds. The maximum atomic E-state index is 12.4. The first-order chi connectivity index (χ1) is 12.3. The molecule has 154 valence electrons. The van der Waals surface area contributed by atoms with Gasteiger partial charge in [-0.1, -0.05) is 0 Å². The van der Waals surface area contributed by atoms with Gasteiger partial charge in [-0.2, -0.15) is 13.2 Å². The van der Waals surface area contributed by atoms with Crippen LogP contribution in [0.3, 0.4) is 0 Å². The minimum absolute atomic E-state index is 0. The Kier molecular flexibility index (Phi) is 9.63. The zero-order chi connectivity index (χ0) is 19.2. The van der Waals surface area contributed by atoms with Gasteiger partial charge in [-0.15, -0.1) is 35.3 Å². The second-order valence-corrected chi connectivity index (χ2v) is 6.89. The van der Waals surface area contributed by atoms with Crippen LogP contribution < -0.4 is 10.2 Å². The van der Waals surface area contributed by atoms with E-state index in [1.54, 1.807) is 11.3 Å². The predicted octanol–water partition coefficient (Wildman–Crippen LogP) is 2.47. The van der Waals surface area contributed by atoms with Crippen LogP contribution in [0.1, 0.15) is 6.92 Å². The summed E-state index contributed by atoms with van der Waals surface area (Å²) in [6.45, 7) is 4.08. The lowest BCUT2D eigenvalue weighted by Crippen LogP contribution is -2.52. The lowest BCUT2D eigenvalue weighted by atomic mass is 10.3. The largest absolute Gasteiger partial charge is 0.406 e. The van der Waals surface area contributed by atoms with Crippen molar-refractivity contribution in [2.24, 2.45) is 4.99 Å². The van der Waals surface area contributed by atoms with Gasteiger partial charge in [0.15, 0.2) is 5.96 Å². The molecule has 0 aliphatic carbocycles. The summed E-state index contributed by atoms with van der Waals surface area (Å²) in [4.78, 5) is 21.1. The molecule has 0 spiro atoms. The summed E-state index contributed by atoms with van der Waals surface area (Å²) in [6, 6.07) is 4.09. The zero-order valence-corrected chi connectivity index (χ0v) is 18.5. The monoisotopic (exact) mass is 519 g/mol. The van der Waals surface area contributed by atoms with E-state index in [-0.39, 0.29) is 30.5 Å². The van der Waals surface area contributed by atoms with Gasteiger partial charge in [0.1, 0.15) is 13.1 Å². The highest BCUT2D eigenvalue weighted by atomic mass is 127. The molecular formula is C16H25F3IN5OS. The number of aliphatic imine (C=N–C) groups is 1. The average Bonchev–Trinajstić information content (AvgIpc) is 3.11. The third-order valence-corrected chi connectivity index (χ3v) is 4.87. The van der Waals surface area contributed by atoms with Gasteiger partial charge in [0, 0.05) is 39.8 Å². The number of anilines is 1. The molecule has 2 rings (SSSR count). The fourth-order valence-corrected chi connectivity index (χ4v) is 3.42. The Bertz CT molecular complexity index is 604. The molecule has 1 aliphatic heterocycles. The van der Waals surface area contributed by atoms with Gasteiger partial charge < -0.3 is 20.0 Å². The maximum Gasteiger partial charge on any atom is 0.406 e. The van der Waals surface area contributed by atoms with E-state index in [9.17, 15) is 18.0 Å². The number of piperazine rings is 1. The van der Waals surface area contributed by atoms with E-state index in [1.165, 1.54) is 5.00 Å². The average molecular weight is 519 g/mol. The topological polar surface area (TPSA) is 51.2 Å². The number of thiophene rings is 1. The smallest absolute Gasteiger partial charge is 0.360 e. The number of carbonyl (C=O) groups is 1. The van der Waals surface area contributed by atoms with E-state index in [2.05, 4.69) is 21.3 Å². The minimum Gasteiger partial charge on any atom is -0.360 e. The van der Waals surface area contributed by atoms with Crippen molar-refractivity contribution in [1.82, 2.24) is 15.1 Å². The number of carbonyl (C=O) groups excluding carboxylic acids is 1. The van der Waals surface area contributed by atoms with Crippen molar-refractivity contribution in [3.05, 3.63) is 17.5 Å². The highest BCUT2D eigenvalue weighted by Gasteiger charge is 2.31. The standard InChI is InChI=1S/C16H24F3N5OS.HI/c1-3-20-15(21-11-13(25)22(2)12-16(17,18)19)24-8-6-23(7-9-24)14-5-4-10-26-14;/h4-5,10H,3,6-9,11-12H2,1-2H3,(H,20,21);1H. The highest BCUT2D eigenvalue weighted by Crippen LogP contribution is 2.22. The van der Waals surface area contributed by atoms with Crippen LogP contribution in [0, 0.1) is 0 Å². The fourth-order valence-electron chi connectivity index (χ4n) is 2.63. The van der Waals surface area contributed by atoms with Crippen molar-refractivity contribution in [2.75, 3.05) is 57.8 Å². The van der Waals surface area contributed by atoms with Crippen LogP contribution in [0.2, 0.25) is 0 Å². The number of rotatable bonds is 5. The second kappa shape index (κ2) is 10.9. The molecule has 6 nitrogen and oxygen atoms in total. The van der Waals surface area contributed by atoms with Crippen LogP contribution >= 0.6 is 35.3 Å². The van der Waals surface area contributed by atoms with Gasteiger partial charge in [-0.25, -0.2) is 4.99 Å². The van der Waals surface area contributed by atoms with Gasteiger partial charge in [0.05, 0.1) is 5.00 Å². The Morgan fingerprint density at radius 1 is 1.33 bits per heavy atom. The van der Waals surface area contributed by atoms with Crippen LogP contribution in [0.4, 0.5) is 18.2 Å². The summed E-state index contributed by atoms with van der Waals surface area (Å²) in [5, 5.41) is 6.37. The molecule has 1 aromatic heterocycles. The SMILES string of the molecule is CCNC(=NCC(=O)N(C)CC(F)(F)F)N1CCN(c2cccs2)CC1.I. The third-order valence-electron chi connectivity index (χ3n) is 3.94. The minimum atomic E-state index is -4.41. The van der Waals surface area contributed by atoms with Crippen molar-refractivity contribution < 1.29 is 18.0 Å². The second-order valence-electron chi connectivity index (χ2n) is 5.96. The summed E-state index contributed by atoms with van der Waals surface area (Å²) >= 11 is 1.69. The molecule has 0 aromatic carbocycles. The summed E-state index contributed by atoms with van der Waals surface area (Å²) in [7, 11) is 1.14. The summed E-state index contributed by atoms with van der Waals surface area (Å²) in [6.07, 6.45) is -4.41. The molecular weight excluding hydrogens is 494 g/mol. The van der Waals surface area contributed by atoms with E-state index in [4.69, 9.17) is 0 Å². The lowest BCUT2D eigenvalue weighted by molar-refractivity contribution is -0.157. The van der Waals surface area contributed by atoms with E-state index in [0.717, 1.165) is 33.2 Å². The quantitative estimate of drug-likeness (QED) is 0.369. The summed E-state index contributed by atoms with van der Waals surface area (Å²) < 4.78 is 37.1. The van der Waals surface area contributed by atoms with Crippen molar-refractivity contribution in [1.29, 1.82) is 0 Å². The molecule has 1 saturated heterocycles. The molecule has 1 aromatic rings. The molecule has 27 heavy (non-hydrogen) atoms.